The van der Waals surface area contributed by atoms with Crippen LogP contribution in [0, 0.1) is 58.2 Å². The molecular weight excluding hydrogens is 1860 g/mol. The molecule has 6 aliphatic rings. The van der Waals surface area contributed by atoms with Gasteiger partial charge in [-0.15, -0.1) is 11.8 Å². The second-order valence-electron chi connectivity index (χ2n) is 53.9. The van der Waals surface area contributed by atoms with Gasteiger partial charge in [0.15, 0.2) is 0 Å². The van der Waals surface area contributed by atoms with E-state index in [1.165, 1.54) is 193 Å². The maximum absolute atomic E-state index is 7.24. The summed E-state index contributed by atoms with van der Waals surface area (Å²) in [5.74, 6) is 65.1. The van der Waals surface area contributed by atoms with Crippen LogP contribution in [0.4, 0.5) is 0 Å². The van der Waals surface area contributed by atoms with E-state index in [2.05, 4.69) is 342 Å². The van der Waals surface area contributed by atoms with Crippen LogP contribution in [0.1, 0.15) is 479 Å². The quantitative estimate of drug-likeness (QED) is 0.112. The SMILES string of the molecule is C=S1Cc2cc(C(C)(C)C)cc(C#CC(C)(C)C)c2OC(C)(C)Oc2c(C#CC(C)(C)C)cc(C(C)(C)C)cc2CS(=C)C2CCCCCCC21.C=S1Cc2cc(C(C)(C)C)cc(C#CC)c2OC(C)(C)Oc2c(C#CC)cc(C(C)(C)C)cc2CS(=C)C2CCCCCCC21.C=S1Cc2cc(C(C)(C)C)cc(C(C)(C)C)c2OC(C)(C)Oc2c(cc(C(C)(C)C)cc2C(C)(C)C)CS(=C)C2CCCCCCC21. The molecule has 12 unspecified atom stereocenters. The predicted molar refractivity (Wildman–Crippen MR) is 648 cm³/mol. The Hall–Kier alpha value is -6.32. The Bertz CT molecular complexity index is 5610. The lowest BCUT2D eigenvalue weighted by atomic mass is 9.79. The predicted octanol–water partition coefficient (Wildman–Crippen LogP) is 36.1. The first-order valence-corrected chi connectivity index (χ1v) is 63.6. The maximum Gasteiger partial charge on any atom is 0.245 e. The molecule has 3 aliphatic carbocycles. The van der Waals surface area contributed by atoms with Crippen molar-refractivity contribution in [1.29, 1.82) is 0 Å². The molecule has 6 aromatic rings. The van der Waals surface area contributed by atoms with Gasteiger partial charge in [-0.05, 0) is 195 Å². The summed E-state index contributed by atoms with van der Waals surface area (Å²) in [6.45, 7) is 84.3. The number of rotatable bonds is 0. The monoisotopic (exact) mass is 2050 g/mol. The van der Waals surface area contributed by atoms with Crippen molar-refractivity contribution in [2.75, 3.05) is 0 Å². The third-order valence-corrected chi connectivity index (χ3v) is 41.7. The van der Waals surface area contributed by atoms with E-state index in [0.717, 1.165) is 91.3 Å². The molecule has 3 saturated carbocycles. The van der Waals surface area contributed by atoms with E-state index in [1.54, 1.807) is 0 Å². The fourth-order valence-corrected chi connectivity index (χ4v) is 34.5. The maximum atomic E-state index is 7.24. The first kappa shape index (κ1) is 119. The Kier molecular flexibility index (Phi) is 38.7. The van der Waals surface area contributed by atoms with Gasteiger partial charge in [0.05, 0.1) is 22.3 Å². The summed E-state index contributed by atoms with van der Waals surface area (Å²) in [4.78, 5) is 0. The Balaban J connectivity index is 0.000000221. The Morgan fingerprint density at radius 3 is 0.566 bits per heavy atom. The molecule has 3 fully saturated rings. The van der Waals surface area contributed by atoms with E-state index in [9.17, 15) is 0 Å². The van der Waals surface area contributed by atoms with Crippen molar-refractivity contribution in [3.63, 3.8) is 0 Å². The Morgan fingerprint density at radius 2 is 0.399 bits per heavy atom. The summed E-state index contributed by atoms with van der Waals surface area (Å²) in [6.07, 6.45) is 22.9. The van der Waals surface area contributed by atoms with Gasteiger partial charge in [0.2, 0.25) is 17.4 Å². The molecule has 0 spiro atoms. The normalized spacial score (nSPS) is 23.9. The molecule has 0 radical (unpaired) electrons. The summed E-state index contributed by atoms with van der Waals surface area (Å²) in [5, 5.41) is 3.18. The van der Waals surface area contributed by atoms with Gasteiger partial charge in [0.1, 0.15) is 34.5 Å². The molecule has 12 heteroatoms. The minimum atomic E-state index is -1.01. The van der Waals surface area contributed by atoms with Crippen LogP contribution in [0.25, 0.3) is 0 Å². The zero-order valence-corrected chi connectivity index (χ0v) is 102. The van der Waals surface area contributed by atoms with Gasteiger partial charge in [-0.25, -0.2) is 0 Å². The van der Waals surface area contributed by atoms with Crippen molar-refractivity contribution >= 4 is 98.1 Å². The van der Waals surface area contributed by atoms with Gasteiger partial charge in [-0.1, -0.05) is 362 Å². The lowest BCUT2D eigenvalue weighted by Crippen LogP contribution is -2.38. The average Bonchev–Trinajstić information content (AvgIpc) is 1.71. The van der Waals surface area contributed by atoms with E-state index in [0.29, 0.717) is 31.5 Å². The van der Waals surface area contributed by atoms with Crippen molar-refractivity contribution in [3.05, 3.63) is 173 Å². The van der Waals surface area contributed by atoms with Crippen LogP contribution in [-0.4, -0.2) is 84.1 Å². The highest BCUT2D eigenvalue weighted by Crippen LogP contribution is 2.55. The molecule has 12 atom stereocenters. The van der Waals surface area contributed by atoms with E-state index >= 15 is 0 Å². The number of benzene rings is 6. The fourth-order valence-electron chi connectivity index (χ4n) is 20.3. The number of fused-ring (bicyclic) bond motifs is 9. The summed E-state index contributed by atoms with van der Waals surface area (Å²) < 4.78 is 42.8. The Labute approximate surface area is 890 Å². The van der Waals surface area contributed by atoms with Crippen LogP contribution >= 0.6 is 62.9 Å². The lowest BCUT2D eigenvalue weighted by Gasteiger charge is -2.36. The van der Waals surface area contributed by atoms with Gasteiger partial charge in [-0.3, -0.25) is 0 Å². The van der Waals surface area contributed by atoms with E-state index < -0.39 is 17.4 Å². The molecular formula is C131H192O6S6. The second kappa shape index (κ2) is 46.7. The summed E-state index contributed by atoms with van der Waals surface area (Å²) >= 11 is 0. The van der Waals surface area contributed by atoms with Crippen LogP contribution in [0.5, 0.6) is 34.5 Å². The topological polar surface area (TPSA) is 55.4 Å². The highest BCUT2D eigenvalue weighted by atomic mass is 32.2. The molecule has 3 aliphatic heterocycles. The Morgan fingerprint density at radius 1 is 0.231 bits per heavy atom. The van der Waals surface area contributed by atoms with Gasteiger partial charge >= 0.3 is 0 Å². The van der Waals surface area contributed by atoms with Crippen LogP contribution < -0.4 is 28.4 Å². The van der Waals surface area contributed by atoms with Gasteiger partial charge in [-0.2, -0.15) is 62.9 Å². The molecule has 0 amide bonds. The summed E-state index contributed by atoms with van der Waals surface area (Å²) in [7, 11) is -0.606. The molecule has 6 nitrogen and oxygen atoms in total. The first-order valence-electron chi connectivity index (χ1n) is 53.8. The minimum Gasteiger partial charge on any atom is -0.452 e. The van der Waals surface area contributed by atoms with Crippen LogP contribution in [0.3, 0.4) is 0 Å². The molecule has 6 aromatic carbocycles. The number of ether oxygens (including phenoxy) is 6. The van der Waals surface area contributed by atoms with Crippen molar-refractivity contribution < 1.29 is 28.4 Å². The van der Waals surface area contributed by atoms with Crippen LogP contribution in [0.15, 0.2) is 72.8 Å². The van der Waals surface area contributed by atoms with Crippen LogP contribution in [0.2, 0.25) is 0 Å². The highest BCUT2D eigenvalue weighted by Gasteiger charge is 2.42. The standard InChI is InChI=1S/C47H68O2S2.C43H68O2S2.C41H56O2S2/c1-43(2,3)25-23-33-27-37(45(7,8)9)29-35-31-50(15)39-21-19-17-18-20-22-40(39)51(16)32-36-30-38(46(10,11)12)28-34(24-26-44(4,5)6)42(36)49-47(13,14)48-41(33)35;1-39(2,3)31-23-29-27-46(15)35-21-19-17-18-20-22-36(35)47(16)28-30-24-32(40(4,5)6)26-34(42(10,11)12)38(30)45-43(13,14)44-37(29)33(25-31)41(7,8)9;1-13-19-29-23-33(39(3,4)5)25-31-27-44(11)35-21-17-15-16-18-22-36(35)45(12)28-32-26-34(40(6,7)8)24-30(20-14-2)38(32)43-41(9,10)42-37(29)31/h27-30,39-40H,15-22,31-32H2,1-14H3;23-26,35-36H,15-22,27-28H2,1-14H3;23-26,35-36H,11-12,15-18,21-22,27-28H2,1-10H3. The largest absolute Gasteiger partial charge is 0.452 e. The molecule has 0 bridgehead atoms. The van der Waals surface area contributed by atoms with E-state index in [4.69, 9.17) is 63.6 Å². The highest BCUT2D eigenvalue weighted by molar-refractivity contribution is 8.18. The zero-order chi connectivity index (χ0) is 107. The third-order valence-electron chi connectivity index (χ3n) is 28.6. The molecule has 0 N–H and O–H groups in total. The zero-order valence-electron chi connectivity index (χ0n) is 97.0. The van der Waals surface area contributed by atoms with Crippen LogP contribution in [-0.2, 0) is 77.8 Å². The lowest BCUT2D eigenvalue weighted by molar-refractivity contribution is -0.0839. The van der Waals surface area contributed by atoms with E-state index in [1.807, 2.05) is 41.5 Å². The minimum absolute atomic E-state index is 0.0216. The fraction of sp³-hybridized carbons (Fsp3) is 0.618. The number of hydrogen-bond donors (Lipinski definition) is 0. The summed E-state index contributed by atoms with van der Waals surface area (Å²) in [6, 6.07) is 28.1. The first-order chi connectivity index (χ1) is 65.7. The smallest absolute Gasteiger partial charge is 0.245 e. The average molecular weight is 2060 g/mol. The molecule has 0 aromatic heterocycles. The van der Waals surface area contributed by atoms with Crippen molar-refractivity contribution in [2.45, 2.75) is 505 Å². The van der Waals surface area contributed by atoms with Crippen molar-refractivity contribution in [3.8, 4) is 81.9 Å². The number of hydrogen-bond acceptors (Lipinski definition) is 6. The molecule has 12 rings (SSSR count). The molecule has 0 saturated heterocycles. The molecule has 143 heavy (non-hydrogen) atoms. The third kappa shape index (κ3) is 32.6. The van der Waals surface area contributed by atoms with Crippen molar-refractivity contribution in [1.82, 2.24) is 0 Å². The van der Waals surface area contributed by atoms with Gasteiger partial charge in [0.25, 0.3) is 0 Å². The summed E-state index contributed by atoms with van der Waals surface area (Å²) in [5.41, 5.74) is 20.8. The molecule has 3 heterocycles. The second-order valence-corrected chi connectivity index (χ2v) is 65.7. The van der Waals surface area contributed by atoms with Crippen molar-refractivity contribution in [2.24, 2.45) is 10.8 Å². The van der Waals surface area contributed by atoms with Gasteiger partial charge < -0.3 is 28.4 Å². The van der Waals surface area contributed by atoms with E-state index in [-0.39, 0.29) is 117 Å². The van der Waals surface area contributed by atoms with Gasteiger partial charge in [0, 0.05) is 163 Å². The molecule has 788 valence electrons.